The first kappa shape index (κ1) is 27.0. The first-order valence-corrected chi connectivity index (χ1v) is 13.1. The van der Waals surface area contributed by atoms with Crippen LogP contribution in [-0.4, -0.2) is 86.8 Å². The molecule has 6 N–H and O–H groups in total. The minimum atomic E-state index is -1.000. The van der Waals surface area contributed by atoms with Crippen molar-refractivity contribution in [2.24, 2.45) is 11.7 Å². The first-order valence-electron chi connectivity index (χ1n) is 13.1. The summed E-state index contributed by atoms with van der Waals surface area (Å²) in [6.45, 7) is 0.754. The Balaban J connectivity index is 1.26. The van der Waals surface area contributed by atoms with E-state index in [1.807, 2.05) is 0 Å². The van der Waals surface area contributed by atoms with E-state index in [1.54, 1.807) is 30.4 Å². The van der Waals surface area contributed by atoms with Gasteiger partial charge in [-0.25, -0.2) is 9.50 Å². The van der Waals surface area contributed by atoms with E-state index in [2.05, 4.69) is 26.0 Å². The van der Waals surface area contributed by atoms with E-state index in [1.165, 1.54) is 30.0 Å². The lowest BCUT2D eigenvalue weighted by atomic mass is 9.84. The van der Waals surface area contributed by atoms with Crippen molar-refractivity contribution in [1.82, 2.24) is 35.4 Å². The lowest BCUT2D eigenvalue weighted by Gasteiger charge is -2.30. The summed E-state index contributed by atoms with van der Waals surface area (Å²) in [7, 11) is 1.65. The minimum absolute atomic E-state index is 0.169. The zero-order valence-electron chi connectivity index (χ0n) is 21.3. The molecular weight excluding hydrogens is 476 g/mol. The van der Waals surface area contributed by atoms with Gasteiger partial charge in [-0.2, -0.15) is 5.10 Å². The predicted octanol–water partition coefficient (Wildman–Crippen LogP) is -0.230. The molecule has 4 rings (SSSR count). The van der Waals surface area contributed by atoms with E-state index in [4.69, 9.17) is 5.73 Å². The maximum atomic E-state index is 12.9. The Kier molecular flexibility index (Phi) is 9.06. The zero-order valence-corrected chi connectivity index (χ0v) is 21.3. The van der Waals surface area contributed by atoms with Gasteiger partial charge < -0.3 is 26.4 Å². The van der Waals surface area contributed by atoms with E-state index in [9.17, 15) is 19.5 Å². The summed E-state index contributed by atoms with van der Waals surface area (Å²) < 4.78 is 1.53. The summed E-state index contributed by atoms with van der Waals surface area (Å²) in [5, 5.41) is 23.1. The van der Waals surface area contributed by atoms with Crippen LogP contribution in [0.25, 0.3) is 5.65 Å². The van der Waals surface area contributed by atoms with E-state index >= 15 is 0 Å². The molecular formula is C25H38N8O4. The van der Waals surface area contributed by atoms with Crippen LogP contribution >= 0.6 is 0 Å². The largest absolute Gasteiger partial charge is 0.376 e. The number of nitrogens with one attached hydrogen (secondary N) is 3. The van der Waals surface area contributed by atoms with Crippen molar-refractivity contribution < 1.29 is 19.5 Å². The molecule has 1 aliphatic carbocycles. The van der Waals surface area contributed by atoms with Crippen molar-refractivity contribution in [2.75, 3.05) is 20.1 Å². The average Bonchev–Trinajstić information content (AvgIpc) is 3.55. The Bertz CT molecular complexity index is 1090. The Morgan fingerprint density at radius 2 is 2.00 bits per heavy atom. The second kappa shape index (κ2) is 12.4. The Labute approximate surface area is 216 Å². The molecule has 1 aliphatic heterocycles. The highest BCUT2D eigenvalue weighted by Gasteiger charge is 2.32. The lowest BCUT2D eigenvalue weighted by molar-refractivity contribution is -0.134. The quantitative estimate of drug-likeness (QED) is 0.271. The number of hydrogen-bond acceptors (Lipinski definition) is 8. The van der Waals surface area contributed by atoms with Gasteiger partial charge in [-0.05, 0) is 31.9 Å². The number of aliphatic hydroxyl groups excluding tert-OH is 1. The second-order valence-corrected chi connectivity index (χ2v) is 10.1. The summed E-state index contributed by atoms with van der Waals surface area (Å²) in [6, 6.07) is 0.0524. The van der Waals surface area contributed by atoms with E-state index < -0.39 is 18.3 Å². The number of hydrogen-bond donors (Lipinski definition) is 5. The summed E-state index contributed by atoms with van der Waals surface area (Å²) in [5.41, 5.74) is 6.94. The standard InChI is InChI=1S/C25H38N8O4/c1-27-24(36)20(12-16-6-3-2-4-7-16)31-21(34)13-19(26)25(37)32-11-8-17(15-32)30-23(35)18-14-29-33-10-5-9-28-22(18)33/h5,9-10,14,16-17,19-20,24,27,36H,2-4,6-8,11-13,15,26H2,1H3,(H,30,35)(H,31,34)/t17-,19-,20-,24-/m0/s1. The number of nitrogens with two attached hydrogens (primary N) is 1. The third-order valence-corrected chi connectivity index (χ3v) is 7.42. The van der Waals surface area contributed by atoms with Crippen molar-refractivity contribution in [3.8, 4) is 0 Å². The zero-order chi connectivity index (χ0) is 26.4. The van der Waals surface area contributed by atoms with Crippen LogP contribution < -0.4 is 21.7 Å². The summed E-state index contributed by atoms with van der Waals surface area (Å²) in [6.07, 6.45) is 10.8. The topological polar surface area (TPSA) is 167 Å². The van der Waals surface area contributed by atoms with Gasteiger partial charge in [0.05, 0.1) is 24.7 Å². The number of likely N-dealkylation sites (N-methyl/N-ethyl adjacent to an activating group) is 1. The van der Waals surface area contributed by atoms with Gasteiger partial charge in [0.15, 0.2) is 5.65 Å². The minimum Gasteiger partial charge on any atom is -0.376 e. The number of fused-ring (bicyclic) bond motifs is 1. The van der Waals surface area contributed by atoms with Crippen LogP contribution in [0.5, 0.6) is 0 Å². The fourth-order valence-corrected chi connectivity index (χ4v) is 5.37. The molecule has 4 atom stereocenters. The molecule has 202 valence electrons. The van der Waals surface area contributed by atoms with Gasteiger partial charge in [0, 0.05) is 31.5 Å². The van der Waals surface area contributed by atoms with Crippen molar-refractivity contribution >= 4 is 23.4 Å². The molecule has 12 heteroatoms. The molecule has 2 aromatic rings. The summed E-state index contributed by atoms with van der Waals surface area (Å²) in [4.78, 5) is 44.2. The SMILES string of the molecule is CN[C@@H](O)[C@H](CC1CCCCC1)NC(=O)C[C@H](N)C(=O)N1CC[C@H](NC(=O)c2cnn3cccnc23)C1. The van der Waals surface area contributed by atoms with Crippen molar-refractivity contribution in [3.05, 3.63) is 30.2 Å². The van der Waals surface area contributed by atoms with Crippen molar-refractivity contribution in [3.63, 3.8) is 0 Å². The molecule has 0 aromatic carbocycles. The molecule has 0 bridgehead atoms. The predicted molar refractivity (Wildman–Crippen MR) is 136 cm³/mol. The van der Waals surface area contributed by atoms with Crippen LogP contribution in [0.1, 0.15) is 61.7 Å². The molecule has 37 heavy (non-hydrogen) atoms. The smallest absolute Gasteiger partial charge is 0.257 e. The fraction of sp³-hybridized carbons (Fsp3) is 0.640. The van der Waals surface area contributed by atoms with Gasteiger partial charge in [0.1, 0.15) is 11.8 Å². The van der Waals surface area contributed by atoms with Crippen molar-refractivity contribution in [1.29, 1.82) is 0 Å². The van der Waals surface area contributed by atoms with Crippen LogP contribution in [0.15, 0.2) is 24.7 Å². The number of nitrogens with zero attached hydrogens (tertiary/aromatic N) is 4. The number of rotatable bonds is 10. The Morgan fingerprint density at radius 3 is 2.76 bits per heavy atom. The molecule has 2 aliphatic rings. The molecule has 3 amide bonds. The maximum absolute atomic E-state index is 12.9. The average molecular weight is 515 g/mol. The Morgan fingerprint density at radius 1 is 1.22 bits per heavy atom. The number of likely N-dealkylation sites (tertiary alicyclic amines) is 1. The highest BCUT2D eigenvalue weighted by Crippen LogP contribution is 2.28. The third-order valence-electron chi connectivity index (χ3n) is 7.42. The molecule has 2 aromatic heterocycles. The van der Waals surface area contributed by atoms with Crippen LogP contribution in [0.4, 0.5) is 0 Å². The normalized spacial score (nSPS) is 20.9. The van der Waals surface area contributed by atoms with Crippen LogP contribution in [0.3, 0.4) is 0 Å². The third kappa shape index (κ3) is 6.82. The molecule has 2 fully saturated rings. The second-order valence-electron chi connectivity index (χ2n) is 10.1. The van der Waals surface area contributed by atoms with Crippen LogP contribution in [0.2, 0.25) is 0 Å². The van der Waals surface area contributed by atoms with E-state index in [0.29, 0.717) is 43.1 Å². The van der Waals surface area contributed by atoms with E-state index in [0.717, 1.165) is 12.8 Å². The van der Waals surface area contributed by atoms with Gasteiger partial charge in [0.25, 0.3) is 5.91 Å². The number of carbonyl (C=O) groups excluding carboxylic acids is 3. The molecule has 3 heterocycles. The molecule has 1 saturated heterocycles. The highest BCUT2D eigenvalue weighted by atomic mass is 16.3. The molecule has 0 radical (unpaired) electrons. The molecule has 12 nitrogen and oxygen atoms in total. The molecule has 1 saturated carbocycles. The molecule has 0 spiro atoms. The highest BCUT2D eigenvalue weighted by molar-refractivity contribution is 5.99. The monoisotopic (exact) mass is 514 g/mol. The van der Waals surface area contributed by atoms with Crippen LogP contribution in [-0.2, 0) is 9.59 Å². The fourth-order valence-electron chi connectivity index (χ4n) is 5.37. The number of aromatic nitrogens is 3. The van der Waals surface area contributed by atoms with Gasteiger partial charge >= 0.3 is 0 Å². The Hall–Kier alpha value is -3.09. The number of amides is 3. The number of aliphatic hydroxyl groups is 1. The summed E-state index contributed by atoms with van der Waals surface area (Å²) in [5.74, 6) is -0.530. The van der Waals surface area contributed by atoms with E-state index in [-0.39, 0.29) is 30.2 Å². The van der Waals surface area contributed by atoms with Crippen molar-refractivity contribution in [2.45, 2.75) is 75.7 Å². The molecule has 0 unspecified atom stereocenters. The van der Waals surface area contributed by atoms with Gasteiger partial charge in [-0.15, -0.1) is 0 Å². The summed E-state index contributed by atoms with van der Waals surface area (Å²) >= 11 is 0. The van der Waals surface area contributed by atoms with Gasteiger partial charge in [-0.1, -0.05) is 32.1 Å². The lowest BCUT2D eigenvalue weighted by Crippen LogP contribution is -2.52. The van der Waals surface area contributed by atoms with Gasteiger partial charge in [0.2, 0.25) is 11.8 Å². The van der Waals surface area contributed by atoms with Crippen LogP contribution in [0, 0.1) is 5.92 Å². The maximum Gasteiger partial charge on any atom is 0.257 e. The first-order chi connectivity index (χ1) is 17.9. The number of carbonyl (C=O) groups is 3. The van der Waals surface area contributed by atoms with Gasteiger partial charge in [-0.3, -0.25) is 19.7 Å².